The molecule has 568 valence electrons. The maximum atomic E-state index is 11.9. The van der Waals surface area contributed by atoms with Crippen molar-refractivity contribution in [2.75, 3.05) is 45.3 Å². The summed E-state index contributed by atoms with van der Waals surface area (Å²) in [5, 5.41) is 26.3. The molecule has 40 heteroatoms. The molecular weight excluding hydrogens is 1370 g/mol. The molecule has 0 fully saturated rings. The fraction of sp³-hybridized carbons (Fsp3) is 0.754. The number of hydrogen-bond acceptors (Lipinski definition) is 30. The zero-order valence-electron chi connectivity index (χ0n) is 63.3. The quantitative estimate of drug-likeness (QED) is 0.0153. The Morgan fingerprint density at radius 1 is 0.474 bits per heavy atom. The molecule has 0 rings (SSSR count). The van der Waals surface area contributed by atoms with Gasteiger partial charge in [0.05, 0.1) is 0 Å². The Bertz CT molecular complexity index is 2490. The number of carboxylic acid groups (broad SMARTS) is 1. The van der Waals surface area contributed by atoms with Gasteiger partial charge in [0.25, 0.3) is 0 Å². The van der Waals surface area contributed by atoms with Crippen LogP contribution in [0.1, 0.15) is 188 Å². The number of alkyl halides is 1. The zero-order chi connectivity index (χ0) is 78.5. The van der Waals surface area contributed by atoms with Gasteiger partial charge in [-0.2, -0.15) is 0 Å². The van der Waals surface area contributed by atoms with Crippen LogP contribution in [0.15, 0.2) is 15.3 Å². The van der Waals surface area contributed by atoms with Gasteiger partial charge in [-0.1, -0.05) is 27.7 Å². The van der Waals surface area contributed by atoms with Gasteiger partial charge in [-0.3, -0.25) is 62.0 Å². The van der Waals surface area contributed by atoms with Crippen molar-refractivity contribution in [3.8, 4) is 0 Å². The summed E-state index contributed by atoms with van der Waals surface area (Å²) in [6.45, 7) is 46.0. The fourth-order valence-electron chi connectivity index (χ4n) is 4.28. The topological polar surface area (TPSA) is 544 Å². The van der Waals surface area contributed by atoms with Gasteiger partial charge in [0, 0.05) is 0 Å². The molecule has 6 amide bonds. The van der Waals surface area contributed by atoms with Crippen LogP contribution in [-0.4, -0.2) is 189 Å². The summed E-state index contributed by atoms with van der Waals surface area (Å²) >= 11 is 4.14. The van der Waals surface area contributed by atoms with Gasteiger partial charge >= 0.3 is 67.6 Å². The number of ether oxygens (including phenoxy) is 9. The number of hydrogen-bond donors (Lipinski definition) is 14. The third kappa shape index (κ3) is 90.3. The molecule has 97 heavy (non-hydrogen) atoms. The number of rotatable bonds is 11. The molecule has 0 heterocycles. The summed E-state index contributed by atoms with van der Waals surface area (Å²) < 4.78 is 44.9. The summed E-state index contributed by atoms with van der Waals surface area (Å²) in [5.74, 6) is 4.84. The number of carboxylic acids is 1. The van der Waals surface area contributed by atoms with E-state index in [2.05, 4.69) is 80.2 Å². The number of carbonyl (C=O) groups excluding carboxylic acids is 10. The maximum Gasteiger partial charge on any atom is 1.00 e. The van der Waals surface area contributed by atoms with Crippen molar-refractivity contribution in [2.24, 2.45) is 38.5 Å². The molecule has 0 bridgehead atoms. The number of amidine groups is 1. The van der Waals surface area contributed by atoms with Crippen LogP contribution in [0.3, 0.4) is 0 Å². The van der Waals surface area contributed by atoms with Gasteiger partial charge in [0.15, 0.2) is 5.17 Å². The van der Waals surface area contributed by atoms with Gasteiger partial charge < -0.3 is 59.2 Å². The van der Waals surface area contributed by atoms with Gasteiger partial charge in [0.2, 0.25) is 11.9 Å². The second kappa shape index (κ2) is 48.8. The SMILES string of the molecule is CC(C)(C)OC(=O)CBr.CC(C)(C)OC(=O)CN(N)C(=O)OC(C)(C)C.CC(C)(C)OC(=O)NC(=NNC(=O)C(=O)OC(C)(C)C)NC(=O)OC(C)(C)C.CNN.CNNCC(=O)OC(C)(C)C.CSC(=NNC(=O)OC(C)(C)C)NC(=O)OC(C)(C)C.NC(N)=NNCC(=O)O.[H+]. The number of guanidine groups is 2. The van der Waals surface area contributed by atoms with Crippen molar-refractivity contribution in [1.82, 2.24) is 53.5 Å². The molecule has 0 spiro atoms. The van der Waals surface area contributed by atoms with E-state index >= 15 is 0 Å². The number of hydrazone groups is 3. The number of nitrogens with one attached hydrogen (secondary N) is 9. The first-order valence-corrected chi connectivity index (χ1v) is 31.5. The Balaban J connectivity index is -0.000000171. The average Bonchev–Trinajstić information content (AvgIpc) is 1.04. The number of amides is 6. The lowest BCUT2D eigenvalue weighted by Gasteiger charge is -2.25. The van der Waals surface area contributed by atoms with Crippen LogP contribution in [0.5, 0.6) is 0 Å². The molecule has 0 radical (unpaired) electrons. The highest BCUT2D eigenvalue weighted by atomic mass is 79.9. The molecule has 0 aromatic rings. The number of esters is 4. The normalized spacial score (nSPS) is 11.3. The minimum absolute atomic E-state index is 0. The molecule has 0 aliphatic carbocycles. The lowest BCUT2D eigenvalue weighted by Crippen LogP contribution is -2.48. The molecule has 0 aliphatic heterocycles. The van der Waals surface area contributed by atoms with Crippen molar-refractivity contribution in [1.29, 1.82) is 0 Å². The number of hydrazine groups is 3. The van der Waals surface area contributed by atoms with E-state index in [-0.39, 0.29) is 55.1 Å². The van der Waals surface area contributed by atoms with Crippen molar-refractivity contribution in [3.05, 3.63) is 0 Å². The molecule has 0 unspecified atom stereocenters. The first kappa shape index (κ1) is 103. The minimum atomic E-state index is -1.20. The summed E-state index contributed by atoms with van der Waals surface area (Å²) in [4.78, 5) is 124. The zero-order valence-corrected chi connectivity index (χ0v) is 64.7. The minimum Gasteiger partial charge on any atom is -0.480 e. The van der Waals surface area contributed by atoms with E-state index in [9.17, 15) is 52.7 Å². The molecule has 0 aromatic heterocycles. The summed E-state index contributed by atoms with van der Waals surface area (Å²) in [7, 11) is 3.35. The summed E-state index contributed by atoms with van der Waals surface area (Å²) in [6, 6.07) is 0. The lowest BCUT2D eigenvalue weighted by atomic mass is 10.2. The predicted molar refractivity (Wildman–Crippen MR) is 371 cm³/mol. The summed E-state index contributed by atoms with van der Waals surface area (Å²) in [6.07, 6.45) is -2.30. The van der Waals surface area contributed by atoms with Gasteiger partial charge in [0.1, 0.15) is 75.4 Å². The second-order valence-corrected chi connectivity index (χ2v) is 29.0. The third-order valence-corrected chi connectivity index (χ3v) is 7.72. The highest BCUT2D eigenvalue weighted by Gasteiger charge is 2.27. The van der Waals surface area contributed by atoms with Crippen LogP contribution in [0, 0.1) is 0 Å². The smallest absolute Gasteiger partial charge is 0.480 e. The molecule has 38 nitrogen and oxygen atoms in total. The predicted octanol–water partition coefficient (Wildman–Crippen LogP) is 4.69. The molecule has 0 atom stereocenters. The van der Waals surface area contributed by atoms with E-state index in [1.165, 1.54) is 0 Å². The average molecular weight is 1490 g/mol. The highest BCUT2D eigenvalue weighted by molar-refractivity contribution is 9.09. The number of nitrogens with zero attached hydrogens (tertiary/aromatic N) is 4. The second-order valence-electron chi connectivity index (χ2n) is 27.7. The summed E-state index contributed by atoms with van der Waals surface area (Å²) in [5.41, 5.74) is 17.7. The number of halogens is 1. The number of carbonyl (C=O) groups is 11. The maximum absolute atomic E-state index is 11.9. The van der Waals surface area contributed by atoms with Crippen LogP contribution >= 0.6 is 27.7 Å². The Labute approximate surface area is 585 Å². The number of nitrogens with two attached hydrogens (primary N) is 4. The third-order valence-electron chi connectivity index (χ3n) is 6.69. The van der Waals surface area contributed by atoms with Gasteiger partial charge in [-0.15, -0.1) is 15.3 Å². The standard InChI is InChI=1S/C17H30N4O7.C12H23N3O4S.C11H22N2O4.C7H16N2O2.C6H11BrO2.C3H8N4O2.CH6N2/c1-15(2,3)26-11(23)10(22)20-21-12(18-13(24)27-16(4,5)6)19-14(25)28-17(7,8)9;1-11(2,3)18-9(16)13-8(20-7)14-15-10(17)19-12(4,5)6;1-10(2,3)16-8(14)7-13(12)9(15)17-11(4,5)6;1-7(2,3)11-6(10)5-9-8-4;1-6(2,3)9-5(8)4-7;4-3(5)7-6-1-2(8)9;1-3-2/h1-9H3,(H,20,22)(H2,18,19,21,24,25);1-7H3,(H,15,17)(H,13,14,16);7,12H2,1-6H3;8-9H,5H2,1-4H3;4H2,1-3H3;6H,1H2,(H,8,9)(H4,4,5,7);3H,2H2,1H3/p+1. The van der Waals surface area contributed by atoms with E-state index in [1.807, 2.05) is 47.0 Å². The number of aliphatic carboxylic acids is 1. The fourth-order valence-corrected chi connectivity index (χ4v) is 4.72. The number of alkyl carbamates (subject to hydrolysis) is 3. The molecule has 0 saturated carbocycles. The highest BCUT2D eigenvalue weighted by Crippen LogP contribution is 2.13. The van der Waals surface area contributed by atoms with Crippen LogP contribution in [0.2, 0.25) is 0 Å². The van der Waals surface area contributed by atoms with Crippen molar-refractivity contribution >= 4 is 111 Å². The Morgan fingerprint density at radius 2 is 0.814 bits per heavy atom. The van der Waals surface area contributed by atoms with E-state index in [0.29, 0.717) is 5.01 Å². The van der Waals surface area contributed by atoms with Crippen LogP contribution < -0.4 is 71.7 Å². The van der Waals surface area contributed by atoms with Crippen molar-refractivity contribution in [2.45, 2.75) is 237 Å². The lowest BCUT2D eigenvalue weighted by molar-refractivity contribution is -0.163. The van der Waals surface area contributed by atoms with E-state index in [0.717, 1.165) is 11.8 Å². The van der Waals surface area contributed by atoms with Crippen LogP contribution in [0.25, 0.3) is 0 Å². The van der Waals surface area contributed by atoms with E-state index in [1.54, 1.807) is 166 Å². The Morgan fingerprint density at radius 3 is 1.12 bits per heavy atom. The van der Waals surface area contributed by atoms with Gasteiger partial charge in [-0.25, -0.2) is 55.9 Å². The van der Waals surface area contributed by atoms with Crippen LogP contribution in [0.4, 0.5) is 24.0 Å². The Hall–Kier alpha value is -7.79. The van der Waals surface area contributed by atoms with Gasteiger partial charge in [-0.05, 0) is 207 Å². The van der Waals surface area contributed by atoms with E-state index in [4.69, 9.17) is 65.0 Å². The molecule has 0 aliphatic rings. The largest absolute Gasteiger partial charge is 1.00 e. The molecule has 0 aromatic carbocycles. The van der Waals surface area contributed by atoms with Crippen LogP contribution in [-0.2, 0) is 71.4 Å². The molecule has 0 saturated heterocycles. The monoisotopic (exact) mass is 1490 g/mol. The van der Waals surface area contributed by atoms with Crippen molar-refractivity contribution in [3.63, 3.8) is 0 Å². The first-order chi connectivity index (χ1) is 43.2. The number of thioether (sulfide) groups is 1. The van der Waals surface area contributed by atoms with Crippen molar-refractivity contribution < 1.29 is 102 Å². The Kier molecular flexibility index (Phi) is 51.7. The molecule has 18 N–H and O–H groups in total. The van der Waals surface area contributed by atoms with E-state index < -0.39 is 105 Å². The molecular formula is C57H117BrN17O21S+. The first-order valence-electron chi connectivity index (χ1n) is 29.1.